The average Bonchev–Trinajstić information content (AvgIpc) is 3.29. The van der Waals surface area contributed by atoms with Gasteiger partial charge in [-0.25, -0.2) is 9.50 Å². The number of amides is 1. The molecule has 3 aromatic heterocycles. The number of H-pyrrole nitrogens is 1. The fourth-order valence-electron chi connectivity index (χ4n) is 3.52. The third kappa shape index (κ3) is 3.15. The van der Waals surface area contributed by atoms with Crippen LogP contribution in [-0.4, -0.2) is 48.7 Å². The lowest BCUT2D eigenvalue weighted by atomic mass is 9.94. The van der Waals surface area contributed by atoms with Gasteiger partial charge in [0.2, 0.25) is 0 Å². The number of piperidine rings is 1. The molecule has 0 aromatic carbocycles. The molecule has 1 amide bonds. The highest BCUT2D eigenvalue weighted by Gasteiger charge is 2.36. The molecule has 0 spiro atoms. The molecular weight excluding hydrogens is 361 g/mol. The van der Waals surface area contributed by atoms with Crippen molar-refractivity contribution in [2.45, 2.75) is 31.9 Å². The van der Waals surface area contributed by atoms with Crippen LogP contribution in [0.15, 0.2) is 24.5 Å². The van der Waals surface area contributed by atoms with E-state index < -0.39 is 11.9 Å². The minimum atomic E-state index is -4.59. The van der Waals surface area contributed by atoms with Crippen molar-refractivity contribution in [2.24, 2.45) is 0 Å². The van der Waals surface area contributed by atoms with Crippen molar-refractivity contribution in [1.82, 2.24) is 29.7 Å². The SMILES string of the molecule is Cc1cc(C(F)(F)F)n2ncc(C(=O)N3CCC[C@H](c4ccn[nH]4)C3)c2n1. The maximum absolute atomic E-state index is 13.3. The van der Waals surface area contributed by atoms with Gasteiger partial charge in [-0.05, 0) is 31.9 Å². The van der Waals surface area contributed by atoms with Crippen molar-refractivity contribution in [2.75, 3.05) is 13.1 Å². The Morgan fingerprint density at radius 2 is 2.19 bits per heavy atom. The molecule has 3 aromatic rings. The van der Waals surface area contributed by atoms with Gasteiger partial charge in [-0.15, -0.1) is 0 Å². The maximum atomic E-state index is 13.3. The van der Waals surface area contributed by atoms with E-state index in [2.05, 4.69) is 20.3 Å². The second kappa shape index (κ2) is 6.36. The van der Waals surface area contributed by atoms with Gasteiger partial charge in [0.1, 0.15) is 11.3 Å². The van der Waals surface area contributed by atoms with Gasteiger partial charge in [0.15, 0.2) is 5.65 Å². The molecule has 10 heteroatoms. The number of aryl methyl sites for hydroxylation is 1. The lowest BCUT2D eigenvalue weighted by Gasteiger charge is -2.32. The number of alkyl halides is 3. The fraction of sp³-hybridized carbons (Fsp3) is 0.412. The molecule has 4 rings (SSSR count). The number of rotatable bonds is 2. The van der Waals surface area contributed by atoms with Crippen LogP contribution < -0.4 is 0 Å². The van der Waals surface area contributed by atoms with Crippen molar-refractivity contribution in [3.05, 3.63) is 47.2 Å². The molecule has 1 saturated heterocycles. The second-order valence-electron chi connectivity index (χ2n) is 6.68. The van der Waals surface area contributed by atoms with E-state index in [1.165, 1.54) is 13.1 Å². The van der Waals surface area contributed by atoms with Crippen LogP contribution in [0, 0.1) is 6.92 Å². The zero-order chi connectivity index (χ0) is 19.2. The quantitative estimate of drug-likeness (QED) is 0.744. The van der Waals surface area contributed by atoms with Crippen LogP contribution in [0.5, 0.6) is 0 Å². The Hall–Kier alpha value is -2.91. The first-order valence-corrected chi connectivity index (χ1v) is 8.55. The number of nitrogens with zero attached hydrogens (tertiary/aromatic N) is 5. The highest BCUT2D eigenvalue weighted by molar-refractivity contribution is 5.99. The van der Waals surface area contributed by atoms with Crippen LogP contribution in [0.4, 0.5) is 13.2 Å². The Morgan fingerprint density at radius 3 is 2.89 bits per heavy atom. The lowest BCUT2D eigenvalue weighted by molar-refractivity contribution is -0.142. The number of fused-ring (bicyclic) bond motifs is 1. The zero-order valence-electron chi connectivity index (χ0n) is 14.5. The van der Waals surface area contributed by atoms with E-state index in [4.69, 9.17) is 0 Å². The monoisotopic (exact) mass is 378 g/mol. The minimum Gasteiger partial charge on any atom is -0.338 e. The number of carbonyl (C=O) groups is 1. The summed E-state index contributed by atoms with van der Waals surface area (Å²) in [6.07, 6.45) is -0.0494. The lowest BCUT2D eigenvalue weighted by Crippen LogP contribution is -2.39. The predicted octanol–water partition coefficient (Wildman–Crippen LogP) is 2.80. The first-order valence-electron chi connectivity index (χ1n) is 8.55. The molecule has 0 aliphatic carbocycles. The van der Waals surface area contributed by atoms with Gasteiger partial charge in [0.05, 0.1) is 6.20 Å². The third-order valence-corrected chi connectivity index (χ3v) is 4.79. The number of halogens is 3. The van der Waals surface area contributed by atoms with Crippen molar-refractivity contribution in [3.63, 3.8) is 0 Å². The first-order chi connectivity index (χ1) is 12.8. The van der Waals surface area contributed by atoms with Crippen molar-refractivity contribution in [1.29, 1.82) is 0 Å². The maximum Gasteiger partial charge on any atom is 0.433 e. The van der Waals surface area contributed by atoms with Gasteiger partial charge in [-0.1, -0.05) is 0 Å². The molecule has 1 atom stereocenters. The van der Waals surface area contributed by atoms with Crippen molar-refractivity contribution >= 4 is 11.6 Å². The summed E-state index contributed by atoms with van der Waals surface area (Å²) in [7, 11) is 0. The number of aromatic nitrogens is 5. The normalized spacial score (nSPS) is 18.2. The van der Waals surface area contributed by atoms with Gasteiger partial charge in [0, 0.05) is 36.6 Å². The molecule has 1 fully saturated rings. The van der Waals surface area contributed by atoms with Crippen LogP contribution in [0.2, 0.25) is 0 Å². The largest absolute Gasteiger partial charge is 0.433 e. The van der Waals surface area contributed by atoms with Gasteiger partial charge < -0.3 is 4.90 Å². The van der Waals surface area contributed by atoms with Gasteiger partial charge in [-0.3, -0.25) is 9.89 Å². The summed E-state index contributed by atoms with van der Waals surface area (Å²) < 4.78 is 40.5. The molecule has 1 aliphatic heterocycles. The molecular formula is C17H17F3N6O. The fourth-order valence-corrected chi connectivity index (χ4v) is 3.52. The Kier molecular flexibility index (Phi) is 4.12. The number of nitrogens with one attached hydrogen (secondary N) is 1. The van der Waals surface area contributed by atoms with E-state index in [0.717, 1.165) is 24.6 Å². The third-order valence-electron chi connectivity index (χ3n) is 4.79. The van der Waals surface area contributed by atoms with E-state index in [1.807, 2.05) is 6.07 Å². The summed E-state index contributed by atoms with van der Waals surface area (Å²) >= 11 is 0. The summed E-state index contributed by atoms with van der Waals surface area (Å²) in [6, 6.07) is 2.79. The molecule has 142 valence electrons. The summed E-state index contributed by atoms with van der Waals surface area (Å²) in [5.74, 6) is -0.243. The standard InChI is InChI=1S/C17H17F3N6O/c1-10-7-14(17(18,19)20)26-15(23-10)12(8-22-26)16(27)25-6-2-3-11(9-25)13-4-5-21-24-13/h4-5,7-8,11H,2-3,6,9H2,1H3,(H,21,24)/t11-/m0/s1. The molecule has 0 radical (unpaired) electrons. The van der Waals surface area contributed by atoms with Crippen LogP contribution in [0.3, 0.4) is 0 Å². The van der Waals surface area contributed by atoms with Crippen LogP contribution in [0.25, 0.3) is 5.65 Å². The molecule has 4 heterocycles. The Balaban J connectivity index is 1.68. The molecule has 1 N–H and O–H groups in total. The van der Waals surface area contributed by atoms with Gasteiger partial charge >= 0.3 is 6.18 Å². The van der Waals surface area contributed by atoms with E-state index in [-0.39, 0.29) is 28.7 Å². The number of hydrogen-bond donors (Lipinski definition) is 1. The van der Waals surface area contributed by atoms with Crippen LogP contribution >= 0.6 is 0 Å². The van der Waals surface area contributed by atoms with Crippen LogP contribution in [-0.2, 0) is 6.18 Å². The molecule has 0 unspecified atom stereocenters. The Labute approximate surface area is 152 Å². The van der Waals surface area contributed by atoms with Crippen LogP contribution in [0.1, 0.15) is 46.2 Å². The first kappa shape index (κ1) is 17.5. The zero-order valence-corrected chi connectivity index (χ0v) is 14.5. The summed E-state index contributed by atoms with van der Waals surface area (Å²) in [4.78, 5) is 18.8. The summed E-state index contributed by atoms with van der Waals surface area (Å²) in [6.45, 7) is 2.47. The highest BCUT2D eigenvalue weighted by Crippen LogP contribution is 2.31. The molecule has 27 heavy (non-hydrogen) atoms. The number of carbonyl (C=O) groups excluding carboxylic acids is 1. The minimum absolute atomic E-state index is 0.0732. The van der Waals surface area contributed by atoms with Crippen molar-refractivity contribution in [3.8, 4) is 0 Å². The van der Waals surface area contributed by atoms with E-state index >= 15 is 0 Å². The Bertz CT molecular complexity index is 979. The number of likely N-dealkylation sites (tertiary alicyclic amines) is 1. The smallest absolute Gasteiger partial charge is 0.338 e. The molecule has 1 aliphatic rings. The Morgan fingerprint density at radius 1 is 1.37 bits per heavy atom. The van der Waals surface area contributed by atoms with Gasteiger partial charge in [0.25, 0.3) is 5.91 Å². The number of aromatic amines is 1. The molecule has 0 saturated carbocycles. The number of hydrogen-bond acceptors (Lipinski definition) is 4. The van der Waals surface area contributed by atoms with Gasteiger partial charge in [-0.2, -0.15) is 23.4 Å². The molecule has 0 bridgehead atoms. The van der Waals surface area contributed by atoms with E-state index in [1.54, 1.807) is 11.1 Å². The summed E-state index contributed by atoms with van der Waals surface area (Å²) in [5.41, 5.74) is 0.183. The summed E-state index contributed by atoms with van der Waals surface area (Å²) in [5, 5.41) is 10.6. The van der Waals surface area contributed by atoms with Crippen molar-refractivity contribution < 1.29 is 18.0 Å². The highest BCUT2D eigenvalue weighted by atomic mass is 19.4. The van der Waals surface area contributed by atoms with E-state index in [9.17, 15) is 18.0 Å². The second-order valence-corrected chi connectivity index (χ2v) is 6.68. The van der Waals surface area contributed by atoms with E-state index in [0.29, 0.717) is 17.6 Å². The molecule has 7 nitrogen and oxygen atoms in total. The topological polar surface area (TPSA) is 79.2 Å². The average molecular weight is 378 g/mol. The predicted molar refractivity (Wildman–Crippen MR) is 89.2 cm³/mol.